The van der Waals surface area contributed by atoms with Crippen molar-refractivity contribution in [3.05, 3.63) is 30.4 Å². The molecule has 0 atom stereocenters. The zero-order valence-corrected chi connectivity index (χ0v) is 14.6. The van der Waals surface area contributed by atoms with Gasteiger partial charge in [0.1, 0.15) is 0 Å². The number of hydrogen-bond donors (Lipinski definition) is 1. The van der Waals surface area contributed by atoms with Crippen molar-refractivity contribution >= 4 is 15.9 Å². The number of amides is 1. The average molecular weight is 365 g/mol. The molecule has 1 saturated heterocycles. The third-order valence-electron chi connectivity index (χ3n) is 4.10. The summed E-state index contributed by atoms with van der Waals surface area (Å²) in [5.74, 6) is 0.347. The van der Waals surface area contributed by atoms with Crippen LogP contribution in [0.15, 0.2) is 28.9 Å². The molecule has 134 valence electrons. The van der Waals surface area contributed by atoms with Crippen molar-refractivity contribution in [3.63, 3.8) is 0 Å². The van der Waals surface area contributed by atoms with Gasteiger partial charge >= 0.3 is 0 Å². The van der Waals surface area contributed by atoms with E-state index in [1.807, 2.05) is 0 Å². The summed E-state index contributed by atoms with van der Waals surface area (Å²) in [6.07, 6.45) is 5.45. The fraction of sp³-hybridized carbons (Fsp3) is 0.467. The molecular weight excluding hydrogens is 346 g/mol. The third kappa shape index (κ3) is 4.40. The maximum absolute atomic E-state index is 12.2. The SMILES string of the molecule is CS(=O)(=O)N1CCC(C(=O)NCc2nnc(-c3ccncc3)o2)CC1. The lowest BCUT2D eigenvalue weighted by atomic mass is 9.97. The van der Waals surface area contributed by atoms with Crippen molar-refractivity contribution in [3.8, 4) is 11.5 Å². The van der Waals surface area contributed by atoms with Crippen molar-refractivity contribution in [2.75, 3.05) is 19.3 Å². The number of pyridine rings is 1. The van der Waals surface area contributed by atoms with Crippen molar-refractivity contribution in [2.45, 2.75) is 19.4 Å². The lowest BCUT2D eigenvalue weighted by Crippen LogP contribution is -2.42. The Morgan fingerprint density at radius 1 is 1.28 bits per heavy atom. The van der Waals surface area contributed by atoms with E-state index in [0.717, 1.165) is 5.56 Å². The Balaban J connectivity index is 1.51. The fourth-order valence-corrected chi connectivity index (χ4v) is 3.57. The van der Waals surface area contributed by atoms with Gasteiger partial charge in [-0.25, -0.2) is 12.7 Å². The summed E-state index contributed by atoms with van der Waals surface area (Å²) in [6.45, 7) is 0.872. The highest BCUT2D eigenvalue weighted by Gasteiger charge is 2.28. The molecule has 3 rings (SSSR count). The number of sulfonamides is 1. The topological polar surface area (TPSA) is 118 Å². The summed E-state index contributed by atoms with van der Waals surface area (Å²) in [5.41, 5.74) is 0.758. The molecule has 10 heteroatoms. The Labute approximate surface area is 145 Å². The maximum Gasteiger partial charge on any atom is 0.247 e. The Bertz CT molecular complexity index is 829. The Morgan fingerprint density at radius 3 is 2.60 bits per heavy atom. The molecule has 25 heavy (non-hydrogen) atoms. The lowest BCUT2D eigenvalue weighted by molar-refractivity contribution is -0.126. The van der Waals surface area contributed by atoms with Crippen LogP contribution >= 0.6 is 0 Å². The van der Waals surface area contributed by atoms with E-state index in [9.17, 15) is 13.2 Å². The van der Waals surface area contributed by atoms with Crippen molar-refractivity contribution in [2.24, 2.45) is 5.92 Å². The van der Waals surface area contributed by atoms with Gasteiger partial charge in [-0.05, 0) is 25.0 Å². The largest absolute Gasteiger partial charge is 0.419 e. The molecule has 3 heterocycles. The molecule has 0 radical (unpaired) electrons. The summed E-state index contributed by atoms with van der Waals surface area (Å²) in [4.78, 5) is 16.1. The van der Waals surface area contributed by atoms with Crippen LogP contribution in [0.25, 0.3) is 11.5 Å². The molecule has 1 aliphatic rings. The minimum absolute atomic E-state index is 0.128. The molecule has 1 N–H and O–H groups in total. The quantitative estimate of drug-likeness (QED) is 0.815. The second-order valence-corrected chi connectivity index (χ2v) is 7.87. The van der Waals surface area contributed by atoms with Gasteiger partial charge in [0.25, 0.3) is 0 Å². The number of nitrogens with zero attached hydrogens (tertiary/aromatic N) is 4. The first-order valence-electron chi connectivity index (χ1n) is 7.89. The molecular formula is C15H19N5O4S. The Hall–Kier alpha value is -2.33. The zero-order valence-electron chi connectivity index (χ0n) is 13.8. The highest BCUT2D eigenvalue weighted by atomic mass is 32.2. The average Bonchev–Trinajstić information content (AvgIpc) is 3.09. The van der Waals surface area contributed by atoms with E-state index < -0.39 is 10.0 Å². The van der Waals surface area contributed by atoms with Crippen LogP contribution in [-0.4, -0.2) is 53.2 Å². The summed E-state index contributed by atoms with van der Waals surface area (Å²) in [5, 5.41) is 10.6. The smallest absolute Gasteiger partial charge is 0.247 e. The van der Waals surface area contributed by atoms with Gasteiger partial charge in [0, 0.05) is 37.0 Å². The number of rotatable bonds is 5. The van der Waals surface area contributed by atoms with Gasteiger partial charge < -0.3 is 9.73 Å². The second-order valence-electron chi connectivity index (χ2n) is 5.89. The molecule has 1 amide bonds. The molecule has 1 fully saturated rings. The Kier molecular flexibility index (Phi) is 5.09. The van der Waals surface area contributed by atoms with E-state index >= 15 is 0 Å². The predicted octanol–water partition coefficient (Wildman–Crippen LogP) is 0.419. The van der Waals surface area contributed by atoms with Gasteiger partial charge in [0.2, 0.25) is 27.7 Å². The minimum atomic E-state index is -3.19. The first-order chi connectivity index (χ1) is 11.9. The van der Waals surface area contributed by atoms with Crippen LogP contribution in [0.2, 0.25) is 0 Å². The van der Waals surface area contributed by atoms with E-state index in [2.05, 4.69) is 20.5 Å². The van der Waals surface area contributed by atoms with Gasteiger partial charge in [0.15, 0.2) is 0 Å². The first-order valence-corrected chi connectivity index (χ1v) is 9.74. The normalized spacial score (nSPS) is 16.7. The van der Waals surface area contributed by atoms with Gasteiger partial charge in [-0.2, -0.15) is 0 Å². The fourth-order valence-electron chi connectivity index (χ4n) is 2.69. The maximum atomic E-state index is 12.2. The van der Waals surface area contributed by atoms with Gasteiger partial charge in [-0.3, -0.25) is 9.78 Å². The van der Waals surface area contributed by atoms with Crippen molar-refractivity contribution < 1.29 is 17.6 Å². The molecule has 0 aliphatic carbocycles. The molecule has 1 aliphatic heterocycles. The Morgan fingerprint density at radius 2 is 1.96 bits per heavy atom. The molecule has 0 spiro atoms. The molecule has 0 unspecified atom stereocenters. The van der Waals surface area contributed by atoms with Crippen molar-refractivity contribution in [1.29, 1.82) is 0 Å². The van der Waals surface area contributed by atoms with Gasteiger partial charge in [-0.1, -0.05) is 0 Å². The number of nitrogens with one attached hydrogen (secondary N) is 1. The van der Waals surface area contributed by atoms with Crippen LogP contribution < -0.4 is 5.32 Å². The molecule has 0 aromatic carbocycles. The van der Waals surface area contributed by atoms with Crippen LogP contribution in [0.1, 0.15) is 18.7 Å². The summed E-state index contributed by atoms with van der Waals surface area (Å²) < 4.78 is 29.9. The zero-order chi connectivity index (χ0) is 17.9. The molecule has 0 bridgehead atoms. The molecule has 9 nitrogen and oxygen atoms in total. The minimum Gasteiger partial charge on any atom is -0.419 e. The number of piperidine rings is 1. The van der Waals surface area contributed by atoms with Crippen LogP contribution in [-0.2, 0) is 21.4 Å². The molecule has 2 aromatic heterocycles. The summed E-state index contributed by atoms with van der Waals surface area (Å²) >= 11 is 0. The summed E-state index contributed by atoms with van der Waals surface area (Å²) in [7, 11) is -3.19. The number of aromatic nitrogens is 3. The second kappa shape index (κ2) is 7.28. The lowest BCUT2D eigenvalue weighted by Gasteiger charge is -2.29. The van der Waals surface area contributed by atoms with Crippen molar-refractivity contribution in [1.82, 2.24) is 24.8 Å². The predicted molar refractivity (Wildman–Crippen MR) is 88.5 cm³/mol. The van der Waals surface area contributed by atoms with E-state index in [1.54, 1.807) is 24.5 Å². The molecule has 2 aromatic rings. The number of carbonyl (C=O) groups is 1. The van der Waals surface area contributed by atoms with E-state index in [1.165, 1.54) is 10.6 Å². The van der Waals surface area contributed by atoms with Crippen LogP contribution in [0.3, 0.4) is 0 Å². The highest BCUT2D eigenvalue weighted by Crippen LogP contribution is 2.20. The van der Waals surface area contributed by atoms with Gasteiger partial charge in [-0.15, -0.1) is 10.2 Å². The van der Waals surface area contributed by atoms with E-state index in [0.29, 0.717) is 37.7 Å². The number of carbonyl (C=O) groups excluding carboxylic acids is 1. The van der Waals surface area contributed by atoms with Crippen LogP contribution in [0, 0.1) is 5.92 Å². The van der Waals surface area contributed by atoms with E-state index in [-0.39, 0.29) is 18.4 Å². The monoisotopic (exact) mass is 365 g/mol. The third-order valence-corrected chi connectivity index (χ3v) is 5.40. The number of hydrogen-bond acceptors (Lipinski definition) is 7. The first kappa shape index (κ1) is 17.5. The van der Waals surface area contributed by atoms with Gasteiger partial charge in [0.05, 0.1) is 12.8 Å². The summed E-state index contributed by atoms with van der Waals surface area (Å²) in [6, 6.07) is 3.51. The standard InChI is InChI=1S/C15H19N5O4S/c1-25(22,23)20-8-4-11(5-9-20)14(21)17-10-13-18-19-15(24-13)12-2-6-16-7-3-12/h2-3,6-7,11H,4-5,8-10H2,1H3,(H,17,21). The van der Waals surface area contributed by atoms with Crippen LogP contribution in [0.5, 0.6) is 0 Å². The molecule has 0 saturated carbocycles. The highest BCUT2D eigenvalue weighted by molar-refractivity contribution is 7.88. The van der Waals surface area contributed by atoms with E-state index in [4.69, 9.17) is 4.42 Å². The van der Waals surface area contributed by atoms with Crippen LogP contribution in [0.4, 0.5) is 0 Å².